The molecule has 0 bridgehead atoms. The van der Waals surface area contributed by atoms with Crippen molar-refractivity contribution in [3.8, 4) is 0 Å². The molecular formula is C17H22N4OS2. The molecule has 1 amide bonds. The lowest BCUT2D eigenvalue weighted by Gasteiger charge is -2.35. The number of nitrogens with one attached hydrogen (secondary N) is 1. The molecular weight excluding hydrogens is 340 g/mol. The van der Waals surface area contributed by atoms with E-state index in [0.717, 1.165) is 27.8 Å². The van der Waals surface area contributed by atoms with Gasteiger partial charge in [-0.15, -0.1) is 10.2 Å². The van der Waals surface area contributed by atoms with Gasteiger partial charge in [-0.2, -0.15) is 0 Å². The Kier molecular flexibility index (Phi) is 5.86. The molecule has 1 fully saturated rings. The summed E-state index contributed by atoms with van der Waals surface area (Å²) in [6, 6.07) is 7.83. The Bertz CT molecular complexity index is 652. The maximum Gasteiger partial charge on any atom is 0.224 e. The number of benzene rings is 1. The summed E-state index contributed by atoms with van der Waals surface area (Å²) in [5, 5.41) is 10.8. The van der Waals surface area contributed by atoms with Crippen molar-refractivity contribution >= 4 is 34.7 Å². The molecule has 1 aliphatic rings. The number of anilines is 1. The fraction of sp³-hybridized carbons (Fsp3) is 0.471. The lowest BCUT2D eigenvalue weighted by molar-refractivity contribution is -0.118. The number of hydrogen-bond donors (Lipinski definition) is 2. The molecule has 1 aromatic heterocycles. The highest BCUT2D eigenvalue weighted by atomic mass is 32.2. The second-order valence-electron chi connectivity index (χ2n) is 6.32. The van der Waals surface area contributed by atoms with Crippen LogP contribution in [0.4, 0.5) is 5.69 Å². The predicted octanol–water partition coefficient (Wildman–Crippen LogP) is 3.93. The molecule has 0 spiro atoms. The van der Waals surface area contributed by atoms with E-state index in [1.165, 1.54) is 30.6 Å². The normalized spacial score (nSPS) is 16.7. The fourth-order valence-corrected chi connectivity index (χ4v) is 4.67. The van der Waals surface area contributed by atoms with E-state index in [9.17, 15) is 4.79 Å². The van der Waals surface area contributed by atoms with Crippen LogP contribution in [0.1, 0.15) is 38.5 Å². The molecule has 0 atom stereocenters. The number of carbonyl (C=O) groups excluding carboxylic acids is 1. The minimum absolute atomic E-state index is 0.00400. The van der Waals surface area contributed by atoms with Crippen LogP contribution in [-0.2, 0) is 4.79 Å². The Morgan fingerprint density at radius 2 is 2.00 bits per heavy atom. The van der Waals surface area contributed by atoms with Gasteiger partial charge < -0.3 is 11.1 Å². The minimum atomic E-state index is -0.00400. The second kappa shape index (κ2) is 8.09. The SMILES string of the molecule is NCC1(CC(=O)Nc2ccc(Sc3nncs3)cc2)CCCCC1. The molecule has 0 unspecified atom stereocenters. The van der Waals surface area contributed by atoms with Crippen LogP contribution in [0.3, 0.4) is 0 Å². The van der Waals surface area contributed by atoms with Gasteiger partial charge in [-0.25, -0.2) is 0 Å². The lowest BCUT2D eigenvalue weighted by atomic mass is 9.71. The van der Waals surface area contributed by atoms with Crippen molar-refractivity contribution < 1.29 is 4.79 Å². The molecule has 0 aliphatic heterocycles. The summed E-state index contributed by atoms with van der Waals surface area (Å²) in [6.07, 6.45) is 6.27. The number of hydrogen-bond acceptors (Lipinski definition) is 6. The van der Waals surface area contributed by atoms with Crippen LogP contribution in [0.25, 0.3) is 0 Å². The highest BCUT2D eigenvalue weighted by Crippen LogP contribution is 2.38. The van der Waals surface area contributed by atoms with Crippen molar-refractivity contribution in [2.75, 3.05) is 11.9 Å². The van der Waals surface area contributed by atoms with Crippen LogP contribution < -0.4 is 11.1 Å². The fourth-order valence-electron chi connectivity index (χ4n) is 3.22. The van der Waals surface area contributed by atoms with Gasteiger partial charge in [-0.3, -0.25) is 4.79 Å². The maximum atomic E-state index is 12.4. The zero-order chi connectivity index (χ0) is 16.8. The van der Waals surface area contributed by atoms with Gasteiger partial charge in [0.25, 0.3) is 0 Å². The summed E-state index contributed by atoms with van der Waals surface area (Å²) < 4.78 is 0.911. The Morgan fingerprint density at radius 3 is 2.62 bits per heavy atom. The van der Waals surface area contributed by atoms with Crippen molar-refractivity contribution in [2.24, 2.45) is 11.1 Å². The average molecular weight is 363 g/mol. The Morgan fingerprint density at radius 1 is 1.25 bits per heavy atom. The first-order chi connectivity index (χ1) is 11.7. The van der Waals surface area contributed by atoms with E-state index in [4.69, 9.17) is 5.73 Å². The number of nitrogens with two attached hydrogens (primary N) is 1. The molecule has 2 aromatic rings. The molecule has 0 saturated heterocycles. The standard InChI is InChI=1S/C17H22N4OS2/c18-11-17(8-2-1-3-9-17)10-15(22)20-13-4-6-14(7-5-13)24-16-21-19-12-23-16/h4-7,12H,1-3,8-11,18H2,(H,20,22). The maximum absolute atomic E-state index is 12.4. The quantitative estimate of drug-likeness (QED) is 0.814. The zero-order valence-electron chi connectivity index (χ0n) is 13.5. The highest BCUT2D eigenvalue weighted by Gasteiger charge is 2.32. The van der Waals surface area contributed by atoms with Crippen molar-refractivity contribution in [1.82, 2.24) is 10.2 Å². The van der Waals surface area contributed by atoms with Gasteiger partial charge in [0.05, 0.1) is 0 Å². The third-order valence-corrected chi connectivity index (χ3v) is 6.35. The molecule has 1 heterocycles. The van der Waals surface area contributed by atoms with Gasteiger partial charge in [0.15, 0.2) is 4.34 Å². The topological polar surface area (TPSA) is 80.9 Å². The van der Waals surface area contributed by atoms with Crippen LogP contribution in [-0.4, -0.2) is 22.6 Å². The zero-order valence-corrected chi connectivity index (χ0v) is 15.2. The summed E-state index contributed by atoms with van der Waals surface area (Å²) in [4.78, 5) is 13.5. The second-order valence-corrected chi connectivity index (χ2v) is 8.47. The summed E-state index contributed by atoms with van der Waals surface area (Å²) in [5.74, 6) is 0.0619. The Hall–Kier alpha value is -1.44. The third-order valence-electron chi connectivity index (χ3n) is 4.57. The lowest BCUT2D eigenvalue weighted by Crippen LogP contribution is -2.36. The van der Waals surface area contributed by atoms with Crippen molar-refractivity contribution in [3.05, 3.63) is 29.8 Å². The molecule has 7 heteroatoms. The van der Waals surface area contributed by atoms with Crippen LogP contribution in [0, 0.1) is 5.41 Å². The molecule has 1 aliphatic carbocycles. The number of nitrogens with zero attached hydrogens (tertiary/aromatic N) is 2. The number of rotatable bonds is 6. The Labute approximate surface area is 150 Å². The third kappa shape index (κ3) is 4.55. The minimum Gasteiger partial charge on any atom is -0.330 e. The molecule has 3 rings (SSSR count). The van der Waals surface area contributed by atoms with E-state index in [2.05, 4.69) is 15.5 Å². The van der Waals surface area contributed by atoms with Gasteiger partial charge in [-0.1, -0.05) is 42.4 Å². The molecule has 128 valence electrons. The van der Waals surface area contributed by atoms with Gasteiger partial charge >= 0.3 is 0 Å². The number of carbonyl (C=O) groups is 1. The first-order valence-electron chi connectivity index (χ1n) is 8.23. The van der Waals surface area contributed by atoms with Crippen molar-refractivity contribution in [3.63, 3.8) is 0 Å². The van der Waals surface area contributed by atoms with E-state index in [1.807, 2.05) is 24.3 Å². The highest BCUT2D eigenvalue weighted by molar-refractivity contribution is 8.01. The van der Waals surface area contributed by atoms with E-state index in [0.29, 0.717) is 13.0 Å². The molecule has 0 radical (unpaired) electrons. The smallest absolute Gasteiger partial charge is 0.224 e. The van der Waals surface area contributed by atoms with Gasteiger partial charge in [-0.05, 0) is 49.1 Å². The summed E-state index contributed by atoms with van der Waals surface area (Å²) in [6.45, 7) is 0.595. The molecule has 5 nitrogen and oxygen atoms in total. The van der Waals surface area contributed by atoms with Crippen molar-refractivity contribution in [2.45, 2.75) is 47.8 Å². The van der Waals surface area contributed by atoms with E-state index >= 15 is 0 Å². The first kappa shape index (κ1) is 17.4. The number of amides is 1. The molecule has 3 N–H and O–H groups in total. The number of aromatic nitrogens is 2. The summed E-state index contributed by atoms with van der Waals surface area (Å²) in [5.41, 5.74) is 8.51. The van der Waals surface area contributed by atoms with Crippen molar-refractivity contribution in [1.29, 1.82) is 0 Å². The van der Waals surface area contributed by atoms with Gasteiger partial charge in [0.1, 0.15) is 5.51 Å². The largest absolute Gasteiger partial charge is 0.330 e. The van der Waals surface area contributed by atoms with Crippen LogP contribution in [0.5, 0.6) is 0 Å². The van der Waals surface area contributed by atoms with Crippen LogP contribution in [0.2, 0.25) is 0 Å². The molecule has 1 saturated carbocycles. The monoisotopic (exact) mass is 362 g/mol. The summed E-state index contributed by atoms with van der Waals surface area (Å²) in [7, 11) is 0. The Balaban J connectivity index is 1.56. The van der Waals surface area contributed by atoms with Gasteiger partial charge in [0, 0.05) is 17.0 Å². The molecule has 24 heavy (non-hydrogen) atoms. The molecule has 1 aromatic carbocycles. The predicted molar refractivity (Wildman–Crippen MR) is 98.3 cm³/mol. The average Bonchev–Trinajstić information content (AvgIpc) is 3.10. The van der Waals surface area contributed by atoms with Crippen LogP contribution >= 0.6 is 23.1 Å². The first-order valence-corrected chi connectivity index (χ1v) is 9.93. The van der Waals surface area contributed by atoms with E-state index in [1.54, 1.807) is 17.3 Å². The summed E-state index contributed by atoms with van der Waals surface area (Å²) >= 11 is 3.08. The van der Waals surface area contributed by atoms with Crippen LogP contribution in [0.15, 0.2) is 39.0 Å². The van der Waals surface area contributed by atoms with E-state index < -0.39 is 0 Å². The van der Waals surface area contributed by atoms with Gasteiger partial charge in [0.2, 0.25) is 5.91 Å². The van der Waals surface area contributed by atoms with E-state index in [-0.39, 0.29) is 11.3 Å².